The van der Waals surface area contributed by atoms with Gasteiger partial charge in [0.25, 0.3) is 0 Å². The standard InChI is InChI=1S/C15H17N3O/c19-18-10-8-17(9-11-18)15-12-14(6-7-16-15)13-4-2-1-3-5-13/h1-7,12,19H,8-11H2. The molecule has 0 bridgehead atoms. The topological polar surface area (TPSA) is 39.6 Å². The maximum Gasteiger partial charge on any atom is 0.129 e. The second kappa shape index (κ2) is 5.38. The molecule has 1 aromatic carbocycles. The van der Waals surface area contributed by atoms with Gasteiger partial charge in [-0.1, -0.05) is 30.3 Å². The van der Waals surface area contributed by atoms with Crippen LogP contribution in [0.3, 0.4) is 0 Å². The van der Waals surface area contributed by atoms with Gasteiger partial charge in [-0.3, -0.25) is 0 Å². The zero-order valence-corrected chi connectivity index (χ0v) is 10.7. The molecule has 1 N–H and O–H groups in total. The number of nitrogens with zero attached hydrogens (tertiary/aromatic N) is 3. The van der Waals surface area contributed by atoms with Crippen molar-refractivity contribution in [2.75, 3.05) is 31.1 Å². The Labute approximate surface area is 112 Å². The fraction of sp³-hybridized carbons (Fsp3) is 0.267. The van der Waals surface area contributed by atoms with E-state index >= 15 is 0 Å². The summed E-state index contributed by atoms with van der Waals surface area (Å²) in [5.41, 5.74) is 2.38. The fourth-order valence-electron chi connectivity index (χ4n) is 2.33. The Kier molecular flexibility index (Phi) is 3.44. The van der Waals surface area contributed by atoms with E-state index in [9.17, 15) is 5.21 Å². The first kappa shape index (κ1) is 12.1. The second-order valence-corrected chi connectivity index (χ2v) is 4.71. The van der Waals surface area contributed by atoms with Gasteiger partial charge >= 0.3 is 0 Å². The van der Waals surface area contributed by atoms with Gasteiger partial charge in [-0.15, -0.1) is 0 Å². The minimum Gasteiger partial charge on any atom is -0.354 e. The molecule has 2 heterocycles. The smallest absolute Gasteiger partial charge is 0.129 e. The Morgan fingerprint density at radius 1 is 0.895 bits per heavy atom. The van der Waals surface area contributed by atoms with E-state index < -0.39 is 0 Å². The SMILES string of the molecule is ON1CCN(c2cc(-c3ccccc3)ccn2)CC1. The lowest BCUT2D eigenvalue weighted by molar-refractivity contribution is -0.0936. The van der Waals surface area contributed by atoms with Crippen molar-refractivity contribution < 1.29 is 5.21 Å². The van der Waals surface area contributed by atoms with Gasteiger partial charge in [-0.2, -0.15) is 5.06 Å². The maximum absolute atomic E-state index is 9.39. The minimum absolute atomic E-state index is 0.664. The van der Waals surface area contributed by atoms with E-state index in [4.69, 9.17) is 0 Å². The van der Waals surface area contributed by atoms with Crippen molar-refractivity contribution in [3.63, 3.8) is 0 Å². The molecule has 0 radical (unpaired) electrons. The van der Waals surface area contributed by atoms with Gasteiger partial charge in [-0.25, -0.2) is 4.98 Å². The largest absolute Gasteiger partial charge is 0.354 e. The summed E-state index contributed by atoms with van der Waals surface area (Å²) in [7, 11) is 0. The first-order valence-electron chi connectivity index (χ1n) is 6.53. The Morgan fingerprint density at radius 2 is 1.63 bits per heavy atom. The predicted octanol–water partition coefficient (Wildman–Crippen LogP) is 2.26. The molecular formula is C15H17N3O. The number of benzene rings is 1. The van der Waals surface area contributed by atoms with Gasteiger partial charge in [0.05, 0.1) is 0 Å². The van der Waals surface area contributed by atoms with Crippen molar-refractivity contribution in [2.45, 2.75) is 0 Å². The van der Waals surface area contributed by atoms with Gasteiger partial charge in [0.2, 0.25) is 0 Å². The van der Waals surface area contributed by atoms with Crippen LogP contribution in [0.5, 0.6) is 0 Å². The summed E-state index contributed by atoms with van der Waals surface area (Å²) in [4.78, 5) is 6.65. The highest BCUT2D eigenvalue weighted by molar-refractivity contribution is 5.66. The summed E-state index contributed by atoms with van der Waals surface area (Å²) in [5, 5.41) is 10.8. The van der Waals surface area contributed by atoms with Crippen LogP contribution < -0.4 is 4.90 Å². The van der Waals surface area contributed by atoms with Crippen LogP contribution in [0.25, 0.3) is 11.1 Å². The summed E-state index contributed by atoms with van der Waals surface area (Å²) < 4.78 is 0. The van der Waals surface area contributed by atoms with Crippen molar-refractivity contribution in [1.82, 2.24) is 10.0 Å². The summed E-state index contributed by atoms with van der Waals surface area (Å²) >= 11 is 0. The molecule has 1 saturated heterocycles. The molecule has 4 heteroatoms. The second-order valence-electron chi connectivity index (χ2n) is 4.71. The van der Waals surface area contributed by atoms with E-state index in [1.807, 2.05) is 30.5 Å². The average molecular weight is 255 g/mol. The fourth-order valence-corrected chi connectivity index (χ4v) is 2.33. The van der Waals surface area contributed by atoms with Gasteiger partial charge < -0.3 is 10.1 Å². The van der Waals surface area contributed by atoms with Crippen LogP contribution in [-0.4, -0.2) is 41.4 Å². The third kappa shape index (κ3) is 2.75. The number of piperazine rings is 1. The van der Waals surface area contributed by atoms with Crippen molar-refractivity contribution in [3.05, 3.63) is 48.7 Å². The third-order valence-corrected chi connectivity index (χ3v) is 3.43. The van der Waals surface area contributed by atoms with Crippen LogP contribution in [0.15, 0.2) is 48.7 Å². The molecule has 1 fully saturated rings. The van der Waals surface area contributed by atoms with E-state index in [0.717, 1.165) is 18.9 Å². The van der Waals surface area contributed by atoms with Gasteiger partial charge in [0.15, 0.2) is 0 Å². The van der Waals surface area contributed by atoms with Crippen molar-refractivity contribution in [3.8, 4) is 11.1 Å². The Balaban J connectivity index is 1.84. The van der Waals surface area contributed by atoms with Gasteiger partial charge in [-0.05, 0) is 23.3 Å². The van der Waals surface area contributed by atoms with Crippen LogP contribution in [-0.2, 0) is 0 Å². The van der Waals surface area contributed by atoms with E-state index in [0.29, 0.717) is 13.1 Å². The Morgan fingerprint density at radius 3 is 2.37 bits per heavy atom. The normalized spacial score (nSPS) is 16.6. The molecule has 3 rings (SSSR count). The number of hydrogen-bond donors (Lipinski definition) is 1. The van der Waals surface area contributed by atoms with Crippen molar-refractivity contribution in [2.24, 2.45) is 0 Å². The number of aromatic nitrogens is 1. The molecule has 0 amide bonds. The first-order chi connectivity index (χ1) is 9.33. The van der Waals surface area contributed by atoms with Crippen LogP contribution in [0.1, 0.15) is 0 Å². The lowest BCUT2D eigenvalue weighted by atomic mass is 10.1. The summed E-state index contributed by atoms with van der Waals surface area (Å²) in [6.45, 7) is 2.94. The number of pyridine rings is 1. The third-order valence-electron chi connectivity index (χ3n) is 3.43. The number of anilines is 1. The lowest BCUT2D eigenvalue weighted by Crippen LogP contribution is -2.45. The highest BCUT2D eigenvalue weighted by Crippen LogP contribution is 2.23. The molecule has 1 aromatic heterocycles. The minimum atomic E-state index is 0.664. The first-order valence-corrected chi connectivity index (χ1v) is 6.53. The molecule has 1 aliphatic heterocycles. The van der Waals surface area contributed by atoms with E-state index in [1.54, 1.807) is 0 Å². The Hall–Kier alpha value is -1.91. The van der Waals surface area contributed by atoms with Crippen LogP contribution in [0, 0.1) is 0 Å². The molecular weight excluding hydrogens is 238 g/mol. The van der Waals surface area contributed by atoms with Crippen molar-refractivity contribution in [1.29, 1.82) is 0 Å². The highest BCUT2D eigenvalue weighted by Gasteiger charge is 2.16. The molecule has 98 valence electrons. The van der Waals surface area contributed by atoms with Crippen molar-refractivity contribution >= 4 is 5.82 Å². The molecule has 2 aromatic rings. The van der Waals surface area contributed by atoms with Gasteiger partial charge in [0, 0.05) is 32.4 Å². The lowest BCUT2D eigenvalue weighted by Gasteiger charge is -2.32. The zero-order chi connectivity index (χ0) is 13.1. The summed E-state index contributed by atoms with van der Waals surface area (Å²) in [5.74, 6) is 0.981. The van der Waals surface area contributed by atoms with Crippen LogP contribution in [0.2, 0.25) is 0 Å². The number of hydrogen-bond acceptors (Lipinski definition) is 4. The molecule has 0 atom stereocenters. The average Bonchev–Trinajstić information content (AvgIpc) is 2.49. The molecule has 0 saturated carbocycles. The van der Waals surface area contributed by atoms with E-state index in [1.165, 1.54) is 16.2 Å². The summed E-state index contributed by atoms with van der Waals surface area (Å²) in [6.07, 6.45) is 1.85. The molecule has 0 aliphatic carbocycles. The molecule has 1 aliphatic rings. The van der Waals surface area contributed by atoms with E-state index in [2.05, 4.69) is 28.1 Å². The van der Waals surface area contributed by atoms with Gasteiger partial charge in [0.1, 0.15) is 5.82 Å². The molecule has 0 spiro atoms. The zero-order valence-electron chi connectivity index (χ0n) is 10.7. The van der Waals surface area contributed by atoms with E-state index in [-0.39, 0.29) is 0 Å². The van der Waals surface area contributed by atoms with Crippen LogP contribution in [0.4, 0.5) is 5.82 Å². The van der Waals surface area contributed by atoms with Crippen LogP contribution >= 0.6 is 0 Å². The Bertz CT molecular complexity index is 536. The predicted molar refractivity (Wildman–Crippen MR) is 75.2 cm³/mol. The molecule has 4 nitrogen and oxygen atoms in total. The molecule has 19 heavy (non-hydrogen) atoms. The highest BCUT2D eigenvalue weighted by atomic mass is 16.5. The monoisotopic (exact) mass is 255 g/mol. The summed E-state index contributed by atoms with van der Waals surface area (Å²) in [6, 6.07) is 14.4. The quantitative estimate of drug-likeness (QED) is 0.893. The maximum atomic E-state index is 9.39. The number of rotatable bonds is 2. The molecule has 0 unspecified atom stereocenters. The number of hydroxylamine groups is 2.